The topological polar surface area (TPSA) is 84.7 Å². The second-order valence-electron chi connectivity index (χ2n) is 5.08. The zero-order valence-corrected chi connectivity index (χ0v) is 12.1. The molecule has 2 rings (SSSR count). The lowest BCUT2D eigenvalue weighted by Gasteiger charge is -2.33. The van der Waals surface area contributed by atoms with Crippen LogP contribution in [0.5, 0.6) is 0 Å². The standard InChI is InChI=1S/C15H21N3O3/c1-11(12-5-3-2-4-6-12)18(10-14(16)19)15(20)13-9-17-7-8-21-13/h2-6,11,13,17H,7-10H2,1H3,(H2,16,19)/t11-,13?/m1/s1. The first-order valence-electron chi connectivity index (χ1n) is 7.05. The molecular weight excluding hydrogens is 270 g/mol. The van der Waals surface area contributed by atoms with Gasteiger partial charge in [0.1, 0.15) is 6.10 Å². The van der Waals surface area contributed by atoms with Gasteiger partial charge in [-0.2, -0.15) is 0 Å². The number of morpholine rings is 1. The molecular formula is C15H21N3O3. The molecule has 1 aliphatic heterocycles. The molecule has 1 aromatic rings. The van der Waals surface area contributed by atoms with Gasteiger partial charge in [-0.25, -0.2) is 0 Å². The molecule has 0 bridgehead atoms. The van der Waals surface area contributed by atoms with Gasteiger partial charge < -0.3 is 20.7 Å². The maximum atomic E-state index is 12.6. The van der Waals surface area contributed by atoms with Crippen molar-refractivity contribution in [1.82, 2.24) is 10.2 Å². The summed E-state index contributed by atoms with van der Waals surface area (Å²) in [4.78, 5) is 25.4. The number of rotatable bonds is 5. The number of hydrogen-bond acceptors (Lipinski definition) is 4. The number of hydrogen-bond donors (Lipinski definition) is 2. The van der Waals surface area contributed by atoms with E-state index in [2.05, 4.69) is 5.32 Å². The van der Waals surface area contributed by atoms with Crippen LogP contribution in [0.4, 0.5) is 0 Å². The normalized spacial score (nSPS) is 19.8. The third-order valence-electron chi connectivity index (χ3n) is 3.56. The molecule has 114 valence electrons. The van der Waals surface area contributed by atoms with Gasteiger partial charge >= 0.3 is 0 Å². The van der Waals surface area contributed by atoms with Crippen molar-refractivity contribution in [2.75, 3.05) is 26.2 Å². The van der Waals surface area contributed by atoms with E-state index in [1.807, 2.05) is 37.3 Å². The Kier molecular flexibility index (Phi) is 5.30. The fourth-order valence-corrected chi connectivity index (χ4v) is 2.39. The van der Waals surface area contributed by atoms with Crippen LogP contribution in [0.1, 0.15) is 18.5 Å². The summed E-state index contributed by atoms with van der Waals surface area (Å²) in [7, 11) is 0. The highest BCUT2D eigenvalue weighted by Gasteiger charge is 2.31. The highest BCUT2D eigenvalue weighted by atomic mass is 16.5. The fraction of sp³-hybridized carbons (Fsp3) is 0.467. The first-order chi connectivity index (χ1) is 10.1. The van der Waals surface area contributed by atoms with Crippen LogP contribution in [0.15, 0.2) is 30.3 Å². The maximum Gasteiger partial charge on any atom is 0.254 e. The molecule has 0 aromatic heterocycles. The third-order valence-corrected chi connectivity index (χ3v) is 3.56. The van der Waals surface area contributed by atoms with E-state index in [9.17, 15) is 9.59 Å². The van der Waals surface area contributed by atoms with E-state index in [-0.39, 0.29) is 18.5 Å². The van der Waals surface area contributed by atoms with E-state index < -0.39 is 12.0 Å². The first kappa shape index (κ1) is 15.5. The van der Waals surface area contributed by atoms with Crippen LogP contribution in [0, 0.1) is 0 Å². The lowest BCUT2D eigenvalue weighted by atomic mass is 10.1. The van der Waals surface area contributed by atoms with Gasteiger partial charge in [-0.1, -0.05) is 30.3 Å². The molecule has 0 radical (unpaired) electrons. The molecule has 1 fully saturated rings. The Balaban J connectivity index is 2.16. The lowest BCUT2D eigenvalue weighted by Crippen LogP contribution is -2.51. The van der Waals surface area contributed by atoms with Gasteiger partial charge in [0.2, 0.25) is 5.91 Å². The number of primary amides is 1. The third kappa shape index (κ3) is 4.03. The minimum Gasteiger partial charge on any atom is -0.368 e. The van der Waals surface area contributed by atoms with Gasteiger partial charge in [0.05, 0.1) is 19.2 Å². The molecule has 1 unspecified atom stereocenters. The van der Waals surface area contributed by atoms with Crippen molar-refractivity contribution >= 4 is 11.8 Å². The Labute approximate surface area is 124 Å². The Morgan fingerprint density at radius 2 is 2.14 bits per heavy atom. The molecule has 3 N–H and O–H groups in total. The number of ether oxygens (including phenoxy) is 1. The van der Waals surface area contributed by atoms with E-state index in [0.29, 0.717) is 13.2 Å². The number of amides is 2. The number of nitrogens with zero attached hydrogens (tertiary/aromatic N) is 1. The molecule has 0 spiro atoms. The number of carbonyl (C=O) groups excluding carboxylic acids is 2. The Bertz CT molecular complexity index is 486. The van der Waals surface area contributed by atoms with Crippen molar-refractivity contribution < 1.29 is 14.3 Å². The molecule has 2 atom stereocenters. The van der Waals surface area contributed by atoms with Crippen LogP contribution in [0.2, 0.25) is 0 Å². The minimum atomic E-state index is -0.565. The van der Waals surface area contributed by atoms with Gasteiger partial charge in [0.15, 0.2) is 0 Å². The average Bonchev–Trinajstić information content (AvgIpc) is 2.53. The summed E-state index contributed by atoms with van der Waals surface area (Å²) >= 11 is 0. The van der Waals surface area contributed by atoms with Gasteiger partial charge in [0, 0.05) is 13.1 Å². The monoisotopic (exact) mass is 291 g/mol. The van der Waals surface area contributed by atoms with Crippen LogP contribution in [-0.4, -0.2) is 49.1 Å². The molecule has 0 saturated carbocycles. The Morgan fingerprint density at radius 3 is 2.71 bits per heavy atom. The summed E-state index contributed by atoms with van der Waals surface area (Å²) in [5.74, 6) is -0.743. The van der Waals surface area contributed by atoms with E-state index in [1.54, 1.807) is 0 Å². The second kappa shape index (κ2) is 7.19. The van der Waals surface area contributed by atoms with Crippen molar-refractivity contribution in [1.29, 1.82) is 0 Å². The Hall–Kier alpha value is -1.92. The predicted octanol–water partition coefficient (Wildman–Crippen LogP) is 0.0499. The molecule has 1 aliphatic rings. The highest BCUT2D eigenvalue weighted by Crippen LogP contribution is 2.21. The predicted molar refractivity (Wildman–Crippen MR) is 78.4 cm³/mol. The molecule has 1 heterocycles. The van der Waals surface area contributed by atoms with Crippen molar-refractivity contribution in [3.05, 3.63) is 35.9 Å². The zero-order valence-electron chi connectivity index (χ0n) is 12.1. The summed E-state index contributed by atoms with van der Waals surface area (Å²) in [6, 6.07) is 9.31. The average molecular weight is 291 g/mol. The molecule has 6 nitrogen and oxygen atoms in total. The lowest BCUT2D eigenvalue weighted by molar-refractivity contribution is -0.149. The van der Waals surface area contributed by atoms with Crippen molar-refractivity contribution in [2.24, 2.45) is 5.73 Å². The molecule has 1 saturated heterocycles. The summed E-state index contributed by atoms with van der Waals surface area (Å²) in [6.07, 6.45) is -0.565. The van der Waals surface area contributed by atoms with E-state index in [4.69, 9.17) is 10.5 Å². The van der Waals surface area contributed by atoms with Crippen molar-refractivity contribution in [3.63, 3.8) is 0 Å². The quantitative estimate of drug-likeness (QED) is 0.803. The van der Waals surface area contributed by atoms with Crippen molar-refractivity contribution in [2.45, 2.75) is 19.1 Å². The number of nitrogens with two attached hydrogens (primary N) is 1. The summed E-state index contributed by atoms with van der Waals surface area (Å²) in [5.41, 5.74) is 6.24. The molecule has 0 aliphatic carbocycles. The van der Waals surface area contributed by atoms with Crippen LogP contribution < -0.4 is 11.1 Å². The molecule has 6 heteroatoms. The van der Waals surface area contributed by atoms with Gasteiger partial charge in [0.25, 0.3) is 5.91 Å². The number of nitrogens with one attached hydrogen (secondary N) is 1. The van der Waals surface area contributed by atoms with E-state index in [0.717, 1.165) is 12.1 Å². The minimum absolute atomic E-state index is 0.116. The fourth-order valence-electron chi connectivity index (χ4n) is 2.39. The maximum absolute atomic E-state index is 12.6. The highest BCUT2D eigenvalue weighted by molar-refractivity contribution is 5.87. The van der Waals surface area contributed by atoms with Gasteiger partial charge in [-0.3, -0.25) is 9.59 Å². The van der Waals surface area contributed by atoms with Crippen LogP contribution >= 0.6 is 0 Å². The second-order valence-corrected chi connectivity index (χ2v) is 5.08. The van der Waals surface area contributed by atoms with Crippen molar-refractivity contribution in [3.8, 4) is 0 Å². The molecule has 2 amide bonds. The SMILES string of the molecule is C[C@H](c1ccccc1)N(CC(N)=O)C(=O)C1CNCCO1. The van der Waals surface area contributed by atoms with E-state index in [1.165, 1.54) is 4.90 Å². The van der Waals surface area contributed by atoms with Crippen LogP contribution in [0.3, 0.4) is 0 Å². The number of benzene rings is 1. The van der Waals surface area contributed by atoms with Crippen LogP contribution in [-0.2, 0) is 14.3 Å². The first-order valence-corrected chi connectivity index (χ1v) is 7.05. The Morgan fingerprint density at radius 1 is 1.43 bits per heavy atom. The van der Waals surface area contributed by atoms with Gasteiger partial charge in [-0.15, -0.1) is 0 Å². The molecule has 1 aromatic carbocycles. The molecule has 21 heavy (non-hydrogen) atoms. The van der Waals surface area contributed by atoms with Crippen LogP contribution in [0.25, 0.3) is 0 Å². The van der Waals surface area contributed by atoms with E-state index >= 15 is 0 Å². The largest absolute Gasteiger partial charge is 0.368 e. The zero-order chi connectivity index (χ0) is 15.2. The summed E-state index contributed by atoms with van der Waals surface area (Å²) in [5, 5.41) is 3.11. The van der Waals surface area contributed by atoms with Gasteiger partial charge in [-0.05, 0) is 12.5 Å². The summed E-state index contributed by atoms with van der Waals surface area (Å²) < 4.78 is 5.48. The summed E-state index contributed by atoms with van der Waals surface area (Å²) in [6.45, 7) is 3.44. The smallest absolute Gasteiger partial charge is 0.254 e. The number of carbonyl (C=O) groups is 2.